The van der Waals surface area contributed by atoms with E-state index in [-0.39, 0.29) is 5.41 Å². The maximum absolute atomic E-state index is 6.35. The Labute approximate surface area is 190 Å². The second-order valence-corrected chi connectivity index (χ2v) is 8.27. The molecule has 31 heavy (non-hydrogen) atoms. The van der Waals surface area contributed by atoms with Gasteiger partial charge in [0.15, 0.2) is 5.96 Å². The lowest BCUT2D eigenvalue weighted by atomic mass is 9.73. The van der Waals surface area contributed by atoms with E-state index in [1.807, 2.05) is 24.3 Å². The highest BCUT2D eigenvalue weighted by molar-refractivity contribution is 6.30. The van der Waals surface area contributed by atoms with Gasteiger partial charge in [0.1, 0.15) is 11.5 Å². The number of benzene rings is 2. The number of halogens is 1. The van der Waals surface area contributed by atoms with Crippen molar-refractivity contribution < 1.29 is 14.2 Å². The fourth-order valence-corrected chi connectivity index (χ4v) is 4.22. The summed E-state index contributed by atoms with van der Waals surface area (Å²) < 4.78 is 16.8. The summed E-state index contributed by atoms with van der Waals surface area (Å²) in [6.45, 7) is 4.75. The van der Waals surface area contributed by atoms with Gasteiger partial charge in [-0.15, -0.1) is 0 Å². The molecule has 1 saturated heterocycles. The van der Waals surface area contributed by atoms with Gasteiger partial charge in [-0.2, -0.15) is 0 Å². The van der Waals surface area contributed by atoms with Gasteiger partial charge in [0.25, 0.3) is 0 Å². The van der Waals surface area contributed by atoms with Crippen molar-refractivity contribution in [2.45, 2.75) is 31.7 Å². The summed E-state index contributed by atoms with van der Waals surface area (Å²) >= 11 is 6.35. The first-order valence-electron chi connectivity index (χ1n) is 10.5. The van der Waals surface area contributed by atoms with Gasteiger partial charge in [-0.25, -0.2) is 0 Å². The van der Waals surface area contributed by atoms with Crippen LogP contribution in [-0.4, -0.2) is 47.0 Å². The third-order valence-corrected chi connectivity index (χ3v) is 6.12. The summed E-state index contributed by atoms with van der Waals surface area (Å²) in [5.41, 5.74) is 3.19. The minimum absolute atomic E-state index is 0.159. The molecule has 1 fully saturated rings. The summed E-state index contributed by atoms with van der Waals surface area (Å²) in [6, 6.07) is 12.0. The number of nitrogens with zero attached hydrogens (tertiary/aromatic N) is 1. The lowest BCUT2D eigenvalue weighted by Gasteiger charge is -2.39. The van der Waals surface area contributed by atoms with Gasteiger partial charge in [0.2, 0.25) is 0 Å². The van der Waals surface area contributed by atoms with Gasteiger partial charge >= 0.3 is 0 Å². The van der Waals surface area contributed by atoms with Gasteiger partial charge in [0.05, 0.1) is 14.2 Å². The monoisotopic (exact) mass is 445 g/mol. The second-order valence-electron chi connectivity index (χ2n) is 7.83. The van der Waals surface area contributed by atoms with Crippen molar-refractivity contribution in [3.63, 3.8) is 0 Å². The van der Waals surface area contributed by atoms with E-state index in [1.165, 1.54) is 5.56 Å². The molecule has 2 aromatic rings. The maximum atomic E-state index is 6.35. The number of methoxy groups -OCH3 is 2. The van der Waals surface area contributed by atoms with Crippen LogP contribution in [0.2, 0.25) is 5.02 Å². The number of rotatable bonds is 7. The standard InChI is InChI=1S/C24H32ClN3O3/c1-17-5-6-18(22(13-17)30-4)15-27-23(26-2)28-16-24(9-11-31-12-10-24)20-14-19(25)7-8-21(20)29-3/h5-8,13-14H,9-12,15-16H2,1-4H3,(H2,26,27,28). The van der Waals surface area contributed by atoms with Gasteiger partial charge < -0.3 is 24.8 Å². The van der Waals surface area contributed by atoms with Crippen LogP contribution < -0.4 is 20.1 Å². The summed E-state index contributed by atoms with van der Waals surface area (Å²) in [5, 5.41) is 7.61. The minimum atomic E-state index is -0.159. The van der Waals surface area contributed by atoms with Gasteiger partial charge in [-0.1, -0.05) is 23.7 Å². The predicted molar refractivity (Wildman–Crippen MR) is 126 cm³/mol. The van der Waals surface area contributed by atoms with Crippen molar-refractivity contribution in [2.75, 3.05) is 41.0 Å². The molecule has 2 aromatic carbocycles. The van der Waals surface area contributed by atoms with Crippen LogP contribution in [0.4, 0.5) is 0 Å². The molecule has 0 saturated carbocycles. The van der Waals surface area contributed by atoms with Crippen molar-refractivity contribution in [3.8, 4) is 11.5 Å². The molecule has 6 nitrogen and oxygen atoms in total. The van der Waals surface area contributed by atoms with Gasteiger partial charge in [-0.3, -0.25) is 4.99 Å². The van der Waals surface area contributed by atoms with Crippen LogP contribution in [0.5, 0.6) is 11.5 Å². The fourth-order valence-electron chi connectivity index (χ4n) is 4.05. The van der Waals surface area contributed by atoms with Crippen molar-refractivity contribution in [3.05, 3.63) is 58.1 Å². The van der Waals surface area contributed by atoms with Crippen LogP contribution in [0.1, 0.15) is 29.5 Å². The van der Waals surface area contributed by atoms with Crippen LogP contribution in [0, 0.1) is 6.92 Å². The Balaban J connectivity index is 1.75. The first-order valence-corrected chi connectivity index (χ1v) is 10.9. The molecular formula is C24H32ClN3O3. The van der Waals surface area contributed by atoms with Gasteiger partial charge in [0, 0.05) is 54.9 Å². The minimum Gasteiger partial charge on any atom is -0.496 e. The molecule has 0 amide bonds. The number of hydrogen-bond acceptors (Lipinski definition) is 4. The molecule has 0 atom stereocenters. The topological polar surface area (TPSA) is 64.1 Å². The smallest absolute Gasteiger partial charge is 0.191 e. The Kier molecular flexibility index (Phi) is 8.04. The molecule has 0 bridgehead atoms. The van der Waals surface area contributed by atoms with Crippen molar-refractivity contribution in [2.24, 2.45) is 4.99 Å². The zero-order chi connectivity index (χ0) is 22.3. The second kappa shape index (κ2) is 10.7. The van der Waals surface area contributed by atoms with Gasteiger partial charge in [-0.05, 0) is 49.6 Å². The molecule has 0 aliphatic carbocycles. The Hall–Kier alpha value is -2.44. The molecule has 1 heterocycles. The highest BCUT2D eigenvalue weighted by atomic mass is 35.5. The quantitative estimate of drug-likeness (QED) is 0.496. The number of ether oxygens (including phenoxy) is 3. The van der Waals surface area contributed by atoms with Crippen LogP contribution in [0.25, 0.3) is 0 Å². The number of aliphatic imine (C=N–C) groups is 1. The highest BCUT2D eigenvalue weighted by Crippen LogP contribution is 2.40. The zero-order valence-corrected chi connectivity index (χ0v) is 19.5. The Morgan fingerprint density at radius 3 is 2.48 bits per heavy atom. The molecule has 0 radical (unpaired) electrons. The maximum Gasteiger partial charge on any atom is 0.191 e. The van der Waals surface area contributed by atoms with E-state index >= 15 is 0 Å². The van der Waals surface area contributed by atoms with E-state index in [9.17, 15) is 0 Å². The van der Waals surface area contributed by atoms with E-state index < -0.39 is 0 Å². The summed E-state index contributed by atoms with van der Waals surface area (Å²) in [4.78, 5) is 4.41. The van der Waals surface area contributed by atoms with E-state index in [0.29, 0.717) is 31.3 Å². The van der Waals surface area contributed by atoms with E-state index in [0.717, 1.165) is 41.4 Å². The van der Waals surface area contributed by atoms with Crippen LogP contribution >= 0.6 is 11.6 Å². The highest BCUT2D eigenvalue weighted by Gasteiger charge is 2.37. The molecule has 7 heteroatoms. The average molecular weight is 446 g/mol. The van der Waals surface area contributed by atoms with Crippen LogP contribution in [-0.2, 0) is 16.7 Å². The Morgan fingerprint density at radius 1 is 1.06 bits per heavy atom. The molecule has 1 aliphatic heterocycles. The van der Waals surface area contributed by atoms with Crippen molar-refractivity contribution in [1.82, 2.24) is 10.6 Å². The third-order valence-electron chi connectivity index (χ3n) is 5.89. The Morgan fingerprint density at radius 2 is 1.81 bits per heavy atom. The molecule has 2 N–H and O–H groups in total. The third kappa shape index (κ3) is 5.63. The largest absolute Gasteiger partial charge is 0.496 e. The van der Waals surface area contributed by atoms with Crippen LogP contribution in [0.3, 0.4) is 0 Å². The van der Waals surface area contributed by atoms with E-state index in [1.54, 1.807) is 21.3 Å². The molecule has 1 aliphatic rings. The van der Waals surface area contributed by atoms with E-state index in [4.69, 9.17) is 25.8 Å². The zero-order valence-electron chi connectivity index (χ0n) is 18.8. The molecule has 0 spiro atoms. The molecular weight excluding hydrogens is 414 g/mol. The summed E-state index contributed by atoms with van der Waals surface area (Å²) in [5.74, 6) is 2.45. The number of guanidine groups is 1. The molecule has 0 aromatic heterocycles. The molecule has 168 valence electrons. The predicted octanol–water partition coefficient (Wildman–Crippen LogP) is 4.08. The normalized spacial score (nSPS) is 16.0. The average Bonchev–Trinajstić information content (AvgIpc) is 2.80. The molecule has 3 rings (SSSR count). The van der Waals surface area contributed by atoms with Crippen molar-refractivity contribution in [1.29, 1.82) is 0 Å². The molecule has 0 unspecified atom stereocenters. The van der Waals surface area contributed by atoms with Crippen LogP contribution in [0.15, 0.2) is 41.4 Å². The number of nitrogens with one attached hydrogen (secondary N) is 2. The summed E-state index contributed by atoms with van der Waals surface area (Å²) in [7, 11) is 5.17. The number of hydrogen-bond donors (Lipinski definition) is 2. The first-order chi connectivity index (χ1) is 15.0. The lowest BCUT2D eigenvalue weighted by molar-refractivity contribution is 0.0505. The number of aryl methyl sites for hydroxylation is 1. The fraction of sp³-hybridized carbons (Fsp3) is 0.458. The first kappa shape index (κ1) is 23.2. The SMILES string of the molecule is CN=C(NCc1ccc(C)cc1OC)NCC1(c2cc(Cl)ccc2OC)CCOCC1. The lowest BCUT2D eigenvalue weighted by Crippen LogP contribution is -2.48. The van der Waals surface area contributed by atoms with Crippen molar-refractivity contribution >= 4 is 17.6 Å². The van der Waals surface area contributed by atoms with E-state index in [2.05, 4.69) is 34.7 Å². The Bertz CT molecular complexity index is 911. The summed E-state index contributed by atoms with van der Waals surface area (Å²) in [6.07, 6.45) is 1.75.